The Labute approximate surface area is 148 Å². The Balaban J connectivity index is 1.47. The third-order valence-electron chi connectivity index (χ3n) is 4.17. The summed E-state index contributed by atoms with van der Waals surface area (Å²) in [6, 6.07) is 6.12. The molecule has 0 atom stereocenters. The molecule has 0 spiro atoms. The molecule has 0 radical (unpaired) electrons. The van der Waals surface area contributed by atoms with Gasteiger partial charge in [0.25, 0.3) is 5.91 Å². The van der Waals surface area contributed by atoms with E-state index in [4.69, 9.17) is 9.15 Å². The summed E-state index contributed by atoms with van der Waals surface area (Å²) in [4.78, 5) is 47.0. The molecule has 1 aliphatic carbocycles. The molecule has 1 saturated carbocycles. The van der Waals surface area contributed by atoms with Gasteiger partial charge in [0.1, 0.15) is 6.54 Å². The minimum absolute atomic E-state index is 0.0756. The molecular weight excluding hydrogens is 342 g/mol. The highest BCUT2D eigenvalue weighted by atomic mass is 16.5. The van der Waals surface area contributed by atoms with Crippen LogP contribution in [0.4, 0.5) is 4.79 Å². The lowest BCUT2D eigenvalue weighted by atomic mass is 10.2. The molecule has 1 aromatic heterocycles. The Morgan fingerprint density at radius 3 is 2.69 bits per heavy atom. The van der Waals surface area contributed by atoms with E-state index in [0.29, 0.717) is 11.1 Å². The number of imide groups is 1. The Hall–Kier alpha value is -3.10. The summed E-state index contributed by atoms with van der Waals surface area (Å²) in [6.45, 7) is -1.00. The van der Waals surface area contributed by atoms with Crippen molar-refractivity contribution in [3.8, 4) is 0 Å². The molecule has 138 valence electrons. The van der Waals surface area contributed by atoms with Crippen molar-refractivity contribution in [3.63, 3.8) is 0 Å². The molecule has 0 aliphatic heterocycles. The SMILES string of the molecule is O=C(COC(=O)Cn1c(=O)oc2ccccc21)NC(=O)NC1CCCC1. The fourth-order valence-corrected chi connectivity index (χ4v) is 2.94. The number of carbonyl (C=O) groups excluding carboxylic acids is 3. The molecule has 1 aliphatic rings. The van der Waals surface area contributed by atoms with Crippen LogP contribution in [0, 0.1) is 0 Å². The number of urea groups is 1. The number of hydrogen-bond donors (Lipinski definition) is 2. The van der Waals surface area contributed by atoms with Gasteiger partial charge in [-0.15, -0.1) is 0 Å². The van der Waals surface area contributed by atoms with Gasteiger partial charge in [-0.3, -0.25) is 19.5 Å². The number of oxazole rings is 1. The molecule has 9 nitrogen and oxygen atoms in total. The molecule has 1 fully saturated rings. The van der Waals surface area contributed by atoms with E-state index in [1.165, 1.54) is 0 Å². The van der Waals surface area contributed by atoms with E-state index in [1.807, 2.05) is 0 Å². The number of fused-ring (bicyclic) bond motifs is 1. The normalized spacial score (nSPS) is 14.3. The van der Waals surface area contributed by atoms with Crippen LogP contribution in [0.5, 0.6) is 0 Å². The standard InChI is InChI=1S/C17H19N3O6/c21-14(19-16(23)18-11-5-1-2-6-11)10-25-15(22)9-20-12-7-3-4-8-13(12)26-17(20)24/h3-4,7-8,11H,1-2,5-6,9-10H2,(H2,18,19,21,23). The highest BCUT2D eigenvalue weighted by molar-refractivity contribution is 5.95. The number of para-hydroxylation sites is 2. The van der Waals surface area contributed by atoms with Crippen molar-refractivity contribution in [1.82, 2.24) is 15.2 Å². The van der Waals surface area contributed by atoms with Gasteiger partial charge < -0.3 is 14.5 Å². The minimum atomic E-state index is -0.787. The predicted octanol–water partition coefficient (Wildman–Crippen LogP) is 0.906. The molecule has 1 heterocycles. The third-order valence-corrected chi connectivity index (χ3v) is 4.17. The quantitative estimate of drug-likeness (QED) is 0.764. The fourth-order valence-electron chi connectivity index (χ4n) is 2.94. The second-order valence-corrected chi connectivity index (χ2v) is 6.09. The van der Waals surface area contributed by atoms with Gasteiger partial charge in [0.2, 0.25) is 0 Å². The van der Waals surface area contributed by atoms with Crippen LogP contribution >= 0.6 is 0 Å². The van der Waals surface area contributed by atoms with Gasteiger partial charge in [-0.2, -0.15) is 0 Å². The molecule has 2 aromatic rings. The van der Waals surface area contributed by atoms with Crippen LogP contribution in [-0.4, -0.2) is 35.1 Å². The van der Waals surface area contributed by atoms with Crippen LogP contribution in [0.3, 0.4) is 0 Å². The van der Waals surface area contributed by atoms with Crippen molar-refractivity contribution in [1.29, 1.82) is 0 Å². The number of benzene rings is 1. The van der Waals surface area contributed by atoms with Gasteiger partial charge in [-0.05, 0) is 25.0 Å². The van der Waals surface area contributed by atoms with Gasteiger partial charge in [-0.1, -0.05) is 25.0 Å². The van der Waals surface area contributed by atoms with Crippen LogP contribution < -0.4 is 16.4 Å². The maximum absolute atomic E-state index is 11.9. The highest BCUT2D eigenvalue weighted by Crippen LogP contribution is 2.17. The maximum Gasteiger partial charge on any atom is 0.420 e. The van der Waals surface area contributed by atoms with E-state index in [1.54, 1.807) is 24.3 Å². The number of ether oxygens (including phenoxy) is 1. The number of nitrogens with zero attached hydrogens (tertiary/aromatic N) is 1. The second-order valence-electron chi connectivity index (χ2n) is 6.09. The van der Waals surface area contributed by atoms with E-state index in [2.05, 4.69) is 10.6 Å². The second kappa shape index (κ2) is 7.85. The van der Waals surface area contributed by atoms with E-state index < -0.39 is 36.8 Å². The molecule has 9 heteroatoms. The minimum Gasteiger partial charge on any atom is -0.454 e. The zero-order valence-electron chi connectivity index (χ0n) is 14.0. The van der Waals surface area contributed by atoms with E-state index >= 15 is 0 Å². The average Bonchev–Trinajstić information content (AvgIpc) is 3.21. The van der Waals surface area contributed by atoms with Crippen LogP contribution in [0.25, 0.3) is 11.1 Å². The number of rotatable bonds is 5. The molecule has 0 bridgehead atoms. The monoisotopic (exact) mass is 361 g/mol. The summed E-state index contributed by atoms with van der Waals surface area (Å²) in [5.41, 5.74) is 0.807. The molecule has 3 rings (SSSR count). The Bertz CT molecular complexity index is 878. The predicted molar refractivity (Wildman–Crippen MR) is 90.4 cm³/mol. The summed E-state index contributed by atoms with van der Waals surface area (Å²) >= 11 is 0. The van der Waals surface area contributed by atoms with Crippen LogP contribution in [0.1, 0.15) is 25.7 Å². The molecule has 2 N–H and O–H groups in total. The largest absolute Gasteiger partial charge is 0.454 e. The van der Waals surface area contributed by atoms with E-state index in [9.17, 15) is 19.2 Å². The summed E-state index contributed by atoms with van der Waals surface area (Å²) in [7, 11) is 0. The number of nitrogens with one attached hydrogen (secondary N) is 2. The first-order valence-corrected chi connectivity index (χ1v) is 8.37. The average molecular weight is 361 g/mol. The first kappa shape index (κ1) is 17.7. The summed E-state index contributed by atoms with van der Waals surface area (Å²) in [5, 5.41) is 4.80. The molecule has 0 unspecified atom stereocenters. The number of esters is 1. The molecule has 3 amide bonds. The fraction of sp³-hybridized carbons (Fsp3) is 0.412. The van der Waals surface area contributed by atoms with E-state index in [0.717, 1.165) is 30.3 Å². The van der Waals surface area contributed by atoms with Gasteiger partial charge in [-0.25, -0.2) is 9.59 Å². The van der Waals surface area contributed by atoms with Crippen molar-refractivity contribution in [2.45, 2.75) is 38.3 Å². The number of carbonyl (C=O) groups is 3. The Morgan fingerprint density at radius 1 is 1.19 bits per heavy atom. The van der Waals surface area contributed by atoms with Gasteiger partial charge in [0.05, 0.1) is 5.52 Å². The topological polar surface area (TPSA) is 120 Å². The smallest absolute Gasteiger partial charge is 0.420 e. The number of hydrogen-bond acceptors (Lipinski definition) is 6. The first-order chi connectivity index (χ1) is 12.5. The van der Waals surface area contributed by atoms with Crippen molar-refractivity contribution < 1.29 is 23.5 Å². The number of aromatic nitrogens is 1. The lowest BCUT2D eigenvalue weighted by Gasteiger charge is -2.12. The first-order valence-electron chi connectivity index (χ1n) is 8.37. The summed E-state index contributed by atoms with van der Waals surface area (Å²) in [5.74, 6) is -2.22. The Morgan fingerprint density at radius 2 is 1.92 bits per heavy atom. The lowest BCUT2D eigenvalue weighted by Crippen LogP contribution is -2.45. The van der Waals surface area contributed by atoms with Crippen molar-refractivity contribution in [2.24, 2.45) is 0 Å². The van der Waals surface area contributed by atoms with Crippen molar-refractivity contribution in [3.05, 3.63) is 34.8 Å². The zero-order valence-corrected chi connectivity index (χ0v) is 14.0. The number of amides is 3. The maximum atomic E-state index is 11.9. The third kappa shape index (κ3) is 4.29. The zero-order chi connectivity index (χ0) is 18.5. The highest BCUT2D eigenvalue weighted by Gasteiger charge is 2.19. The van der Waals surface area contributed by atoms with Crippen LogP contribution in [0.2, 0.25) is 0 Å². The van der Waals surface area contributed by atoms with Crippen molar-refractivity contribution in [2.75, 3.05) is 6.61 Å². The summed E-state index contributed by atoms with van der Waals surface area (Å²) < 4.78 is 10.9. The van der Waals surface area contributed by atoms with Gasteiger partial charge in [0.15, 0.2) is 12.2 Å². The molecule has 1 aromatic carbocycles. The Kier molecular flexibility index (Phi) is 5.35. The molecule has 26 heavy (non-hydrogen) atoms. The van der Waals surface area contributed by atoms with Crippen LogP contribution in [-0.2, 0) is 20.9 Å². The van der Waals surface area contributed by atoms with Crippen LogP contribution in [0.15, 0.2) is 33.5 Å². The van der Waals surface area contributed by atoms with E-state index in [-0.39, 0.29) is 6.04 Å². The molecule has 0 saturated heterocycles. The lowest BCUT2D eigenvalue weighted by molar-refractivity contribution is -0.148. The summed E-state index contributed by atoms with van der Waals surface area (Å²) in [6.07, 6.45) is 3.89. The van der Waals surface area contributed by atoms with Gasteiger partial charge in [0, 0.05) is 6.04 Å². The van der Waals surface area contributed by atoms with Gasteiger partial charge >= 0.3 is 17.8 Å². The van der Waals surface area contributed by atoms with Crippen molar-refractivity contribution >= 4 is 29.0 Å². The molecular formula is C17H19N3O6.